The van der Waals surface area contributed by atoms with E-state index in [9.17, 15) is 0 Å². The molecule has 9 heavy (non-hydrogen) atoms. The van der Waals surface area contributed by atoms with E-state index in [1.165, 1.54) is 0 Å². The van der Waals surface area contributed by atoms with Gasteiger partial charge in [0.05, 0.1) is 4.11 Å². The molecular formula is C7H6Br2. The van der Waals surface area contributed by atoms with Gasteiger partial charge in [0, 0.05) is 8.95 Å². The summed E-state index contributed by atoms with van der Waals surface area (Å²) in [6.45, 7) is 1.74. The van der Waals surface area contributed by atoms with E-state index in [0.717, 1.165) is 0 Å². The van der Waals surface area contributed by atoms with E-state index in [1.54, 1.807) is 6.92 Å². The molecule has 0 heterocycles. The Morgan fingerprint density at radius 2 is 2.11 bits per heavy atom. The molecule has 1 aromatic rings. The predicted octanol–water partition coefficient (Wildman–Crippen LogP) is 3.52. The minimum absolute atomic E-state index is 0.0532. The average Bonchev–Trinajstić information content (AvgIpc) is 2.08. The first-order chi connectivity index (χ1) is 5.46. The normalized spacial score (nSPS) is 14.3. The summed E-state index contributed by atoms with van der Waals surface area (Å²) in [5.74, 6) is 0. The molecule has 0 aromatic heterocycles. The third-order valence-corrected chi connectivity index (χ3v) is 2.10. The fourth-order valence-electron chi connectivity index (χ4n) is 0.454. The highest BCUT2D eigenvalue weighted by atomic mass is 79.9. The van der Waals surface area contributed by atoms with Crippen LogP contribution in [0.15, 0.2) is 27.1 Å². The molecule has 0 saturated heterocycles. The number of rotatable bonds is 0. The Labute approximate surface area is 75.7 Å². The van der Waals surface area contributed by atoms with Gasteiger partial charge in [0.1, 0.15) is 0 Å². The molecule has 2 heteroatoms. The van der Waals surface area contributed by atoms with Gasteiger partial charge in [-0.1, -0.05) is 31.9 Å². The first-order valence-corrected chi connectivity index (χ1v) is 3.96. The fraction of sp³-hybridized carbons (Fsp3) is 0.143. The molecular weight excluding hydrogens is 244 g/mol. The van der Waals surface area contributed by atoms with Crippen LogP contribution in [0.25, 0.3) is 0 Å². The van der Waals surface area contributed by atoms with Gasteiger partial charge in [-0.25, -0.2) is 0 Å². The summed E-state index contributed by atoms with van der Waals surface area (Å²) in [4.78, 5) is 0. The lowest BCUT2D eigenvalue weighted by Crippen LogP contribution is -1.72. The third kappa shape index (κ3) is 1.80. The SMILES string of the molecule is [2H]c1c([2H])c(Br)c(C)c([2H])c1Br. The summed E-state index contributed by atoms with van der Waals surface area (Å²) >= 11 is 6.27. The molecule has 0 atom stereocenters. The Morgan fingerprint density at radius 3 is 2.78 bits per heavy atom. The van der Waals surface area contributed by atoms with Crippen LogP contribution in [0.2, 0.25) is 0 Å². The molecule has 1 aromatic carbocycles. The van der Waals surface area contributed by atoms with Crippen molar-refractivity contribution >= 4 is 31.9 Å². The van der Waals surface area contributed by atoms with E-state index in [-0.39, 0.29) is 18.1 Å². The molecule has 0 N–H and O–H groups in total. The zero-order valence-corrected chi connectivity index (χ0v) is 7.93. The zero-order chi connectivity index (χ0) is 9.46. The standard InChI is InChI=1S/C7H6Br2/c1-5-4-6(8)2-3-7(5)9/h2-4H,1H3/i2D,3D,4D. The van der Waals surface area contributed by atoms with Gasteiger partial charge in [-0.05, 0) is 30.6 Å². The summed E-state index contributed by atoms with van der Waals surface area (Å²) in [7, 11) is 0. The lowest BCUT2D eigenvalue weighted by molar-refractivity contribution is 1.41. The third-order valence-electron chi connectivity index (χ3n) is 0.908. The Balaban J connectivity index is 3.60. The van der Waals surface area contributed by atoms with Crippen LogP contribution in [0.5, 0.6) is 0 Å². The lowest BCUT2D eigenvalue weighted by Gasteiger charge is -1.95. The second-order valence-corrected chi connectivity index (χ2v) is 3.21. The largest absolute Gasteiger partial charge is 0.0638 e. The number of hydrogen-bond acceptors (Lipinski definition) is 0. The van der Waals surface area contributed by atoms with Crippen LogP contribution in [0.4, 0.5) is 0 Å². The molecule has 48 valence electrons. The summed E-state index contributed by atoms with van der Waals surface area (Å²) in [6, 6.07) is 0.440. The van der Waals surface area contributed by atoms with E-state index in [0.29, 0.717) is 14.5 Å². The minimum atomic E-state index is 0.0532. The van der Waals surface area contributed by atoms with Gasteiger partial charge in [0.15, 0.2) is 0 Å². The summed E-state index contributed by atoms with van der Waals surface area (Å²) in [5.41, 5.74) is 0.683. The molecule has 0 aliphatic rings. The lowest BCUT2D eigenvalue weighted by atomic mass is 10.2. The predicted molar refractivity (Wildman–Crippen MR) is 46.6 cm³/mol. The maximum atomic E-state index is 7.54. The monoisotopic (exact) mass is 251 g/mol. The van der Waals surface area contributed by atoms with E-state index in [4.69, 9.17) is 4.11 Å². The first-order valence-electron chi connectivity index (χ1n) is 3.88. The molecule has 1 rings (SSSR count). The highest BCUT2D eigenvalue weighted by Gasteiger charge is 1.91. The molecule has 0 saturated carbocycles. The van der Waals surface area contributed by atoms with Crippen LogP contribution >= 0.6 is 31.9 Å². The van der Waals surface area contributed by atoms with Crippen molar-refractivity contribution in [1.29, 1.82) is 0 Å². The summed E-state index contributed by atoms with van der Waals surface area (Å²) in [6.07, 6.45) is 0. The van der Waals surface area contributed by atoms with Crippen LogP contribution in [0.3, 0.4) is 0 Å². The molecule has 0 spiro atoms. The van der Waals surface area contributed by atoms with Crippen molar-refractivity contribution in [3.63, 3.8) is 0 Å². The van der Waals surface area contributed by atoms with Crippen LogP contribution in [0.1, 0.15) is 9.68 Å². The Kier molecular flexibility index (Phi) is 1.31. The maximum absolute atomic E-state index is 7.54. The van der Waals surface area contributed by atoms with Crippen LogP contribution in [0, 0.1) is 6.92 Å². The maximum Gasteiger partial charge on any atom is 0.0638 e. The van der Waals surface area contributed by atoms with Crippen LogP contribution in [-0.2, 0) is 0 Å². The first kappa shape index (κ1) is 4.14. The molecule has 0 unspecified atom stereocenters. The number of benzene rings is 1. The average molecular weight is 253 g/mol. The smallest absolute Gasteiger partial charge is 0.0508 e. The van der Waals surface area contributed by atoms with Crippen molar-refractivity contribution in [2.75, 3.05) is 0 Å². The highest BCUT2D eigenvalue weighted by molar-refractivity contribution is 9.11. The van der Waals surface area contributed by atoms with Crippen LogP contribution < -0.4 is 0 Å². The minimum Gasteiger partial charge on any atom is -0.0508 e. The molecule has 0 aliphatic carbocycles. The van der Waals surface area contributed by atoms with Crippen molar-refractivity contribution in [3.8, 4) is 0 Å². The van der Waals surface area contributed by atoms with E-state index >= 15 is 0 Å². The van der Waals surface area contributed by atoms with Gasteiger partial charge < -0.3 is 0 Å². The molecule has 0 radical (unpaired) electrons. The second-order valence-electron chi connectivity index (χ2n) is 1.63. The molecule has 0 amide bonds. The Bertz CT molecular complexity index is 231. The Morgan fingerprint density at radius 1 is 1.44 bits per heavy atom. The second kappa shape index (κ2) is 2.84. The van der Waals surface area contributed by atoms with Crippen molar-refractivity contribution in [3.05, 3.63) is 32.6 Å². The van der Waals surface area contributed by atoms with Gasteiger partial charge >= 0.3 is 0 Å². The van der Waals surface area contributed by atoms with Gasteiger partial charge in [-0.3, -0.25) is 0 Å². The van der Waals surface area contributed by atoms with Crippen molar-refractivity contribution in [2.45, 2.75) is 6.92 Å². The zero-order valence-electron chi connectivity index (χ0n) is 7.76. The quantitative estimate of drug-likeness (QED) is 0.663. The van der Waals surface area contributed by atoms with Gasteiger partial charge in [0.2, 0.25) is 0 Å². The Hall–Kier alpha value is 0.180. The van der Waals surface area contributed by atoms with E-state index in [1.807, 2.05) is 0 Å². The van der Waals surface area contributed by atoms with Crippen LogP contribution in [-0.4, -0.2) is 0 Å². The molecule has 0 fully saturated rings. The highest BCUT2D eigenvalue weighted by Crippen LogP contribution is 2.19. The molecule has 0 nitrogen and oxygen atoms in total. The van der Waals surface area contributed by atoms with E-state index < -0.39 is 0 Å². The topological polar surface area (TPSA) is 0 Å². The molecule has 0 bridgehead atoms. The van der Waals surface area contributed by atoms with Gasteiger partial charge in [0.25, 0.3) is 0 Å². The van der Waals surface area contributed by atoms with E-state index in [2.05, 4.69) is 31.9 Å². The molecule has 0 aliphatic heterocycles. The summed E-state index contributed by atoms with van der Waals surface area (Å²) in [5, 5.41) is 0. The van der Waals surface area contributed by atoms with Gasteiger partial charge in [-0.2, -0.15) is 0 Å². The summed E-state index contributed by atoms with van der Waals surface area (Å²) < 4.78 is 23.4. The van der Waals surface area contributed by atoms with Crippen molar-refractivity contribution in [1.82, 2.24) is 0 Å². The van der Waals surface area contributed by atoms with Gasteiger partial charge in [-0.15, -0.1) is 0 Å². The van der Waals surface area contributed by atoms with Crippen molar-refractivity contribution in [2.24, 2.45) is 0 Å². The van der Waals surface area contributed by atoms with Crippen molar-refractivity contribution < 1.29 is 4.11 Å². The number of halogens is 2. The number of hydrogen-bond donors (Lipinski definition) is 0. The fourth-order valence-corrected chi connectivity index (χ4v) is 1.05.